The predicted octanol–water partition coefficient (Wildman–Crippen LogP) is 0.819. The molecule has 0 saturated carbocycles. The second-order valence-corrected chi connectivity index (χ2v) is 2.80. The van der Waals surface area contributed by atoms with Crippen molar-refractivity contribution in [3.8, 4) is 0 Å². The van der Waals surface area contributed by atoms with Crippen LogP contribution in [0.4, 0.5) is 0 Å². The Morgan fingerprint density at radius 3 is 1.75 bits per heavy atom. The minimum atomic E-state index is -1.22. The normalized spacial score (nSPS) is 15.2. The number of hydrogen-bond donors (Lipinski definition) is 3. The Hall–Kier alpha value is -0.640. The molecule has 0 bridgehead atoms. The highest BCUT2D eigenvalue weighted by atomic mass is 15.1. The van der Waals surface area contributed by atoms with Gasteiger partial charge in [-0.25, -0.2) is 0 Å². The first-order valence-corrected chi connectivity index (χ1v) is 4.16. The molecule has 0 rings (SSSR count). The van der Waals surface area contributed by atoms with Crippen LogP contribution in [0, 0.1) is 0 Å². The molecule has 0 aliphatic carbocycles. The molecule has 0 saturated heterocycles. The number of hydrogen-bond acceptors (Lipinski definition) is 3. The lowest BCUT2D eigenvalue weighted by Gasteiger charge is -2.24. The molecule has 0 aliphatic rings. The molecule has 3 heteroatoms. The van der Waals surface area contributed by atoms with Crippen LogP contribution in [-0.4, -0.2) is 5.79 Å². The molecule has 6 N–H and O–H groups in total. The zero-order chi connectivity index (χ0) is 9.78. The van der Waals surface area contributed by atoms with Crippen molar-refractivity contribution in [2.45, 2.75) is 33.0 Å². The lowest BCUT2D eigenvalue weighted by molar-refractivity contribution is 0.547. The zero-order valence-electron chi connectivity index (χ0n) is 8.09. The van der Waals surface area contributed by atoms with E-state index in [0.717, 1.165) is 17.6 Å². The Balaban J connectivity index is 4.82. The summed E-state index contributed by atoms with van der Waals surface area (Å²) >= 11 is 0. The van der Waals surface area contributed by atoms with Crippen LogP contribution in [0.2, 0.25) is 0 Å². The largest absolute Gasteiger partial charge is 0.297 e. The van der Waals surface area contributed by atoms with Crippen LogP contribution in [0.5, 0.6) is 0 Å². The third kappa shape index (κ3) is 2.77. The van der Waals surface area contributed by atoms with Gasteiger partial charge in [-0.1, -0.05) is 19.1 Å². The maximum absolute atomic E-state index is 5.59. The summed E-state index contributed by atoms with van der Waals surface area (Å²) < 4.78 is 0. The molecule has 0 fully saturated rings. The van der Waals surface area contributed by atoms with Gasteiger partial charge in [0, 0.05) is 0 Å². The fourth-order valence-electron chi connectivity index (χ4n) is 1.26. The fraction of sp³-hybridized carbons (Fsp3) is 0.556. The average Bonchev–Trinajstić information content (AvgIpc) is 1.97. The SMILES string of the molecule is CC=C(CC)C(=CC)C(N)(N)N. The van der Waals surface area contributed by atoms with Crippen LogP contribution in [0.3, 0.4) is 0 Å². The second-order valence-electron chi connectivity index (χ2n) is 2.80. The average molecular weight is 169 g/mol. The number of nitrogens with two attached hydrogens (primary N) is 3. The highest BCUT2D eigenvalue weighted by Crippen LogP contribution is 2.17. The van der Waals surface area contributed by atoms with Crippen molar-refractivity contribution >= 4 is 0 Å². The molecule has 0 aromatic rings. The van der Waals surface area contributed by atoms with Crippen molar-refractivity contribution in [1.29, 1.82) is 0 Å². The Bertz CT molecular complexity index is 196. The van der Waals surface area contributed by atoms with Gasteiger partial charge in [0.1, 0.15) is 5.79 Å². The van der Waals surface area contributed by atoms with Crippen LogP contribution in [-0.2, 0) is 0 Å². The van der Waals surface area contributed by atoms with E-state index in [0.29, 0.717) is 0 Å². The Morgan fingerprint density at radius 2 is 1.67 bits per heavy atom. The Kier molecular flexibility index (Phi) is 4.17. The summed E-state index contributed by atoms with van der Waals surface area (Å²) in [7, 11) is 0. The molecular formula is C9H19N3. The van der Waals surface area contributed by atoms with E-state index >= 15 is 0 Å². The van der Waals surface area contributed by atoms with Gasteiger partial charge in [-0.3, -0.25) is 17.2 Å². The van der Waals surface area contributed by atoms with Crippen molar-refractivity contribution in [2.75, 3.05) is 0 Å². The summed E-state index contributed by atoms with van der Waals surface area (Å²) in [5.74, 6) is -1.22. The molecular weight excluding hydrogens is 150 g/mol. The third-order valence-corrected chi connectivity index (χ3v) is 1.83. The van der Waals surface area contributed by atoms with Gasteiger partial charge in [0.2, 0.25) is 0 Å². The Morgan fingerprint density at radius 1 is 1.17 bits per heavy atom. The van der Waals surface area contributed by atoms with E-state index < -0.39 is 5.79 Å². The van der Waals surface area contributed by atoms with Crippen LogP contribution < -0.4 is 17.2 Å². The zero-order valence-corrected chi connectivity index (χ0v) is 8.09. The van der Waals surface area contributed by atoms with E-state index in [4.69, 9.17) is 17.2 Å². The smallest absolute Gasteiger partial charge is 0.142 e. The summed E-state index contributed by atoms with van der Waals surface area (Å²) in [6.45, 7) is 5.88. The molecule has 70 valence electrons. The van der Waals surface area contributed by atoms with Gasteiger partial charge in [0.05, 0.1) is 0 Å². The van der Waals surface area contributed by atoms with Crippen LogP contribution in [0.1, 0.15) is 27.2 Å². The molecule has 0 atom stereocenters. The molecule has 3 nitrogen and oxygen atoms in total. The summed E-state index contributed by atoms with van der Waals surface area (Å²) in [5.41, 5.74) is 18.7. The van der Waals surface area contributed by atoms with Crippen molar-refractivity contribution in [3.05, 3.63) is 23.3 Å². The van der Waals surface area contributed by atoms with Crippen molar-refractivity contribution in [2.24, 2.45) is 17.2 Å². The molecule has 0 aromatic heterocycles. The van der Waals surface area contributed by atoms with Crippen LogP contribution in [0.25, 0.3) is 0 Å². The van der Waals surface area contributed by atoms with E-state index in [2.05, 4.69) is 0 Å². The molecule has 0 spiro atoms. The minimum absolute atomic E-state index is 0.813. The van der Waals surface area contributed by atoms with E-state index in [9.17, 15) is 0 Å². The van der Waals surface area contributed by atoms with Gasteiger partial charge in [-0.15, -0.1) is 0 Å². The molecule has 0 aliphatic heterocycles. The van der Waals surface area contributed by atoms with Crippen molar-refractivity contribution < 1.29 is 0 Å². The topological polar surface area (TPSA) is 78.1 Å². The maximum Gasteiger partial charge on any atom is 0.142 e. The van der Waals surface area contributed by atoms with Crippen LogP contribution in [0.15, 0.2) is 23.3 Å². The lowest BCUT2D eigenvalue weighted by atomic mass is 9.98. The summed E-state index contributed by atoms with van der Waals surface area (Å²) in [6.07, 6.45) is 4.74. The van der Waals surface area contributed by atoms with E-state index in [1.807, 2.05) is 32.9 Å². The van der Waals surface area contributed by atoms with Crippen molar-refractivity contribution in [3.63, 3.8) is 0 Å². The van der Waals surface area contributed by atoms with E-state index in [1.54, 1.807) is 0 Å². The molecule has 0 heterocycles. The first-order chi connectivity index (χ1) is 5.47. The van der Waals surface area contributed by atoms with E-state index in [-0.39, 0.29) is 0 Å². The van der Waals surface area contributed by atoms with Gasteiger partial charge in [0.25, 0.3) is 0 Å². The third-order valence-electron chi connectivity index (χ3n) is 1.83. The van der Waals surface area contributed by atoms with Gasteiger partial charge in [-0.2, -0.15) is 0 Å². The molecule has 0 unspecified atom stereocenters. The second kappa shape index (κ2) is 4.40. The highest BCUT2D eigenvalue weighted by molar-refractivity contribution is 5.36. The molecule has 0 amide bonds. The van der Waals surface area contributed by atoms with Gasteiger partial charge < -0.3 is 0 Å². The van der Waals surface area contributed by atoms with Gasteiger partial charge in [0.15, 0.2) is 0 Å². The Labute approximate surface area is 74.3 Å². The minimum Gasteiger partial charge on any atom is -0.297 e. The first-order valence-electron chi connectivity index (χ1n) is 4.16. The van der Waals surface area contributed by atoms with Gasteiger partial charge in [-0.05, 0) is 31.4 Å². The van der Waals surface area contributed by atoms with Gasteiger partial charge >= 0.3 is 0 Å². The highest BCUT2D eigenvalue weighted by Gasteiger charge is 2.19. The number of allylic oxidation sites excluding steroid dienone is 2. The maximum atomic E-state index is 5.59. The number of rotatable bonds is 3. The molecule has 0 radical (unpaired) electrons. The molecule has 12 heavy (non-hydrogen) atoms. The first kappa shape index (κ1) is 11.4. The monoisotopic (exact) mass is 169 g/mol. The summed E-state index contributed by atoms with van der Waals surface area (Å²) in [4.78, 5) is 0. The quantitative estimate of drug-likeness (QED) is 0.432. The predicted molar refractivity (Wildman–Crippen MR) is 53.1 cm³/mol. The van der Waals surface area contributed by atoms with Crippen LogP contribution >= 0.6 is 0 Å². The summed E-state index contributed by atoms with van der Waals surface area (Å²) in [6, 6.07) is 0. The van der Waals surface area contributed by atoms with Crippen molar-refractivity contribution in [1.82, 2.24) is 0 Å². The standard InChI is InChI=1S/C9H19N3/c1-4-7(5-2)8(6-3)9(10,11)12/h4,6H,5,10-12H2,1-3H3. The van der Waals surface area contributed by atoms with E-state index in [1.165, 1.54) is 0 Å². The molecule has 0 aromatic carbocycles. The fourth-order valence-corrected chi connectivity index (χ4v) is 1.26. The summed E-state index contributed by atoms with van der Waals surface area (Å²) in [5, 5.41) is 0. The lowest BCUT2D eigenvalue weighted by Crippen LogP contribution is -2.59.